The first-order valence-electron chi connectivity index (χ1n) is 8.93. The molecule has 3 aromatic rings. The molecule has 1 saturated heterocycles. The number of amides is 1. The van der Waals surface area contributed by atoms with Gasteiger partial charge in [-0.2, -0.15) is 0 Å². The van der Waals surface area contributed by atoms with Crippen molar-refractivity contribution in [1.82, 2.24) is 9.47 Å². The van der Waals surface area contributed by atoms with Gasteiger partial charge in [-0.05, 0) is 41.1 Å². The van der Waals surface area contributed by atoms with Crippen molar-refractivity contribution in [3.63, 3.8) is 0 Å². The van der Waals surface area contributed by atoms with Gasteiger partial charge in [0.05, 0.1) is 17.0 Å². The average Bonchev–Trinajstić information content (AvgIpc) is 3.12. The molecule has 0 saturated carbocycles. The summed E-state index contributed by atoms with van der Waals surface area (Å²) in [5.41, 5.74) is 0.882. The van der Waals surface area contributed by atoms with Crippen LogP contribution in [0.1, 0.15) is 6.42 Å². The van der Waals surface area contributed by atoms with E-state index in [0.717, 1.165) is 0 Å². The van der Waals surface area contributed by atoms with Crippen LogP contribution < -0.4 is 5.56 Å². The molecular weight excluding hydrogens is 386 g/mol. The minimum absolute atomic E-state index is 0.0317. The minimum atomic E-state index is -1.01. The minimum Gasteiger partial charge on any atom is -0.338 e. The number of alkyl halides is 1. The Morgan fingerprint density at radius 2 is 2.04 bits per heavy atom. The molecule has 144 valence electrons. The number of pyridine rings is 1. The third-order valence-corrected chi connectivity index (χ3v) is 5.31. The highest BCUT2D eigenvalue weighted by atomic mass is 35.5. The highest BCUT2D eigenvalue weighted by Crippen LogP contribution is 2.29. The van der Waals surface area contributed by atoms with Gasteiger partial charge in [-0.25, -0.2) is 8.78 Å². The van der Waals surface area contributed by atoms with Crippen LogP contribution >= 0.6 is 11.6 Å². The second-order valence-electron chi connectivity index (χ2n) is 6.87. The van der Waals surface area contributed by atoms with E-state index in [1.807, 2.05) is 0 Å². The lowest BCUT2D eigenvalue weighted by Gasteiger charge is -2.16. The standard InChI is InChI=1S/C21H17ClF2N2O2/c22-17-10-14(4-5-18(17)24)16-3-1-2-13-6-8-26(21(28)20(13)16)12-19(27)25-9-7-15(23)11-25/h1-6,8,10,15H,7,9,11-12H2. The van der Waals surface area contributed by atoms with Gasteiger partial charge in [-0.3, -0.25) is 9.59 Å². The van der Waals surface area contributed by atoms with Crippen molar-refractivity contribution >= 4 is 28.3 Å². The second-order valence-corrected chi connectivity index (χ2v) is 7.28. The lowest BCUT2D eigenvalue weighted by molar-refractivity contribution is -0.131. The highest BCUT2D eigenvalue weighted by molar-refractivity contribution is 6.31. The van der Waals surface area contributed by atoms with Crippen molar-refractivity contribution in [3.8, 4) is 11.1 Å². The molecule has 28 heavy (non-hydrogen) atoms. The molecule has 0 spiro atoms. The number of carbonyl (C=O) groups excluding carboxylic acids is 1. The smallest absolute Gasteiger partial charge is 0.259 e. The Balaban J connectivity index is 1.76. The Morgan fingerprint density at radius 3 is 2.75 bits per heavy atom. The lowest BCUT2D eigenvalue weighted by Crippen LogP contribution is -2.35. The Morgan fingerprint density at radius 1 is 1.21 bits per heavy atom. The summed E-state index contributed by atoms with van der Waals surface area (Å²) in [6, 6.07) is 11.4. The zero-order valence-corrected chi connectivity index (χ0v) is 15.6. The molecule has 2 heterocycles. The van der Waals surface area contributed by atoms with Crippen molar-refractivity contribution in [3.05, 3.63) is 69.9 Å². The number of likely N-dealkylation sites (tertiary alicyclic amines) is 1. The van der Waals surface area contributed by atoms with Gasteiger partial charge in [0.25, 0.3) is 5.56 Å². The number of aromatic nitrogens is 1. The summed E-state index contributed by atoms with van der Waals surface area (Å²) in [6.45, 7) is 0.280. The van der Waals surface area contributed by atoms with Gasteiger partial charge in [0.1, 0.15) is 18.5 Å². The van der Waals surface area contributed by atoms with Crippen LogP contribution in [0.3, 0.4) is 0 Å². The number of fused-ring (bicyclic) bond motifs is 1. The van der Waals surface area contributed by atoms with Crippen molar-refractivity contribution in [1.29, 1.82) is 0 Å². The first kappa shape index (κ1) is 18.6. The van der Waals surface area contributed by atoms with E-state index in [1.54, 1.807) is 36.5 Å². The maximum Gasteiger partial charge on any atom is 0.259 e. The molecule has 7 heteroatoms. The van der Waals surface area contributed by atoms with Gasteiger partial charge in [-0.1, -0.05) is 35.9 Å². The number of hydrogen-bond acceptors (Lipinski definition) is 2. The molecule has 0 N–H and O–H groups in total. The van der Waals surface area contributed by atoms with Gasteiger partial charge in [0.2, 0.25) is 5.91 Å². The zero-order chi connectivity index (χ0) is 19.8. The molecule has 1 aliphatic rings. The average molecular weight is 403 g/mol. The number of nitrogens with zero attached hydrogens (tertiary/aromatic N) is 2. The number of hydrogen-bond donors (Lipinski definition) is 0. The van der Waals surface area contributed by atoms with Crippen molar-refractivity contribution in [2.24, 2.45) is 0 Å². The molecule has 1 unspecified atom stereocenters. The van der Waals surface area contributed by atoms with Crippen LogP contribution in [-0.2, 0) is 11.3 Å². The molecule has 1 fully saturated rings. The fourth-order valence-corrected chi connectivity index (χ4v) is 3.73. The normalized spacial score (nSPS) is 16.7. The largest absolute Gasteiger partial charge is 0.338 e. The van der Waals surface area contributed by atoms with Gasteiger partial charge in [-0.15, -0.1) is 0 Å². The monoisotopic (exact) mass is 402 g/mol. The first-order chi connectivity index (χ1) is 13.4. The fraction of sp³-hybridized carbons (Fsp3) is 0.238. The van der Waals surface area contributed by atoms with Crippen molar-refractivity contribution in [2.75, 3.05) is 13.1 Å². The SMILES string of the molecule is O=C(Cn1ccc2cccc(-c3ccc(F)c(Cl)c3)c2c1=O)N1CCC(F)C1. The maximum atomic E-state index is 13.5. The predicted molar refractivity (Wildman–Crippen MR) is 105 cm³/mol. The molecule has 1 aliphatic heterocycles. The Hall–Kier alpha value is -2.73. The molecule has 0 radical (unpaired) electrons. The molecular formula is C21H17ClF2N2O2. The molecule has 1 aromatic heterocycles. The van der Waals surface area contributed by atoms with Crippen molar-refractivity contribution in [2.45, 2.75) is 19.1 Å². The van der Waals surface area contributed by atoms with Crippen LogP contribution in [0, 0.1) is 5.82 Å². The number of benzene rings is 2. The molecule has 2 aromatic carbocycles. The van der Waals surface area contributed by atoms with Gasteiger partial charge >= 0.3 is 0 Å². The van der Waals surface area contributed by atoms with Gasteiger partial charge in [0, 0.05) is 12.7 Å². The number of rotatable bonds is 3. The Labute approximate surface area is 165 Å². The Kier molecular flexibility index (Phi) is 4.89. The van der Waals surface area contributed by atoms with Crippen LogP contribution in [0.15, 0.2) is 53.5 Å². The predicted octanol–water partition coefficient (Wildman–Crippen LogP) is 4.03. The van der Waals surface area contributed by atoms with Crippen LogP contribution in [0.25, 0.3) is 21.9 Å². The van der Waals surface area contributed by atoms with Crippen LogP contribution in [0.2, 0.25) is 5.02 Å². The summed E-state index contributed by atoms with van der Waals surface area (Å²) < 4.78 is 28.2. The van der Waals surface area contributed by atoms with E-state index in [-0.39, 0.29) is 29.6 Å². The van der Waals surface area contributed by atoms with Crippen LogP contribution in [0.5, 0.6) is 0 Å². The summed E-state index contributed by atoms with van der Waals surface area (Å²) in [5.74, 6) is -0.825. The number of carbonyl (C=O) groups is 1. The van der Waals surface area contributed by atoms with E-state index < -0.39 is 12.0 Å². The summed E-state index contributed by atoms with van der Waals surface area (Å²) in [7, 11) is 0. The fourth-order valence-electron chi connectivity index (χ4n) is 3.55. The summed E-state index contributed by atoms with van der Waals surface area (Å²) in [5, 5.41) is 1.10. The van der Waals surface area contributed by atoms with Crippen LogP contribution in [-0.4, -0.2) is 34.6 Å². The van der Waals surface area contributed by atoms with E-state index in [2.05, 4.69) is 0 Å². The zero-order valence-electron chi connectivity index (χ0n) is 14.9. The second kappa shape index (κ2) is 7.36. The van der Waals surface area contributed by atoms with E-state index >= 15 is 0 Å². The van der Waals surface area contributed by atoms with E-state index in [9.17, 15) is 18.4 Å². The molecule has 4 rings (SSSR count). The quantitative estimate of drug-likeness (QED) is 0.663. The van der Waals surface area contributed by atoms with Gasteiger partial charge < -0.3 is 9.47 Å². The number of halogens is 3. The molecule has 1 amide bonds. The summed E-state index contributed by atoms with van der Waals surface area (Å²) in [6.07, 6.45) is 0.882. The summed E-state index contributed by atoms with van der Waals surface area (Å²) >= 11 is 5.90. The third-order valence-electron chi connectivity index (χ3n) is 5.03. The highest BCUT2D eigenvalue weighted by Gasteiger charge is 2.26. The van der Waals surface area contributed by atoms with Gasteiger partial charge in [0.15, 0.2) is 0 Å². The third kappa shape index (κ3) is 3.40. The van der Waals surface area contributed by atoms with E-state index in [4.69, 9.17) is 11.6 Å². The van der Waals surface area contributed by atoms with E-state index in [0.29, 0.717) is 34.9 Å². The maximum absolute atomic E-state index is 13.5. The molecule has 0 aliphatic carbocycles. The van der Waals surface area contributed by atoms with E-state index in [1.165, 1.54) is 21.6 Å². The molecule has 0 bridgehead atoms. The van der Waals surface area contributed by atoms with Crippen molar-refractivity contribution < 1.29 is 13.6 Å². The summed E-state index contributed by atoms with van der Waals surface area (Å²) in [4.78, 5) is 27.0. The molecule has 4 nitrogen and oxygen atoms in total. The first-order valence-corrected chi connectivity index (χ1v) is 9.31. The topological polar surface area (TPSA) is 42.3 Å². The lowest BCUT2D eigenvalue weighted by atomic mass is 9.99. The molecule has 1 atom stereocenters. The Bertz CT molecular complexity index is 1130. The van der Waals surface area contributed by atoms with Crippen LogP contribution in [0.4, 0.5) is 8.78 Å².